The number of ether oxygens (including phenoxy) is 1. The third-order valence-corrected chi connectivity index (χ3v) is 4.38. The topological polar surface area (TPSA) is 106 Å². The van der Waals surface area contributed by atoms with Crippen LogP contribution in [0.5, 0.6) is 0 Å². The van der Waals surface area contributed by atoms with E-state index in [-0.39, 0.29) is 16.8 Å². The molecule has 2 aromatic heterocycles. The molecule has 0 atom stereocenters. The molecule has 0 saturated carbocycles. The predicted molar refractivity (Wildman–Crippen MR) is 100 cm³/mol. The molecule has 27 heavy (non-hydrogen) atoms. The predicted octanol–water partition coefficient (Wildman–Crippen LogP) is 2.26. The van der Waals surface area contributed by atoms with Gasteiger partial charge in [-0.25, -0.2) is 0 Å². The molecule has 0 radical (unpaired) electrons. The normalized spacial score (nSPS) is 10.4. The standard InChI is InChI=1S/C18H17N5O3S/c1-26-11-15-22-23-18(27-15)17(25)21-14-6-2-5-13(8-14)16(24)20-10-12-4-3-7-19-9-12/h2-9H,10-11H2,1H3,(H,20,24)(H,21,25). The van der Waals surface area contributed by atoms with Gasteiger partial charge in [0.25, 0.3) is 11.8 Å². The van der Waals surface area contributed by atoms with Crippen molar-refractivity contribution in [2.75, 3.05) is 12.4 Å². The number of rotatable bonds is 7. The first-order valence-electron chi connectivity index (χ1n) is 8.05. The van der Waals surface area contributed by atoms with Crippen molar-refractivity contribution >= 4 is 28.8 Å². The molecule has 138 valence electrons. The number of amides is 2. The van der Waals surface area contributed by atoms with E-state index in [1.165, 1.54) is 0 Å². The molecule has 3 aromatic rings. The summed E-state index contributed by atoms with van der Waals surface area (Å²) in [7, 11) is 1.55. The molecule has 2 N–H and O–H groups in total. The van der Waals surface area contributed by atoms with Crippen molar-refractivity contribution in [2.24, 2.45) is 0 Å². The Morgan fingerprint density at radius 3 is 2.81 bits per heavy atom. The molecule has 0 spiro atoms. The van der Waals surface area contributed by atoms with Crippen LogP contribution < -0.4 is 10.6 Å². The number of nitrogens with one attached hydrogen (secondary N) is 2. The zero-order chi connectivity index (χ0) is 19.1. The zero-order valence-corrected chi connectivity index (χ0v) is 15.3. The lowest BCUT2D eigenvalue weighted by atomic mass is 10.2. The highest BCUT2D eigenvalue weighted by molar-refractivity contribution is 7.13. The van der Waals surface area contributed by atoms with Crippen molar-refractivity contribution in [1.82, 2.24) is 20.5 Å². The maximum atomic E-state index is 12.3. The van der Waals surface area contributed by atoms with Gasteiger partial charge in [-0.1, -0.05) is 23.5 Å². The maximum absolute atomic E-state index is 12.3. The van der Waals surface area contributed by atoms with Gasteiger partial charge in [0.1, 0.15) is 5.01 Å². The number of methoxy groups -OCH3 is 1. The minimum absolute atomic E-state index is 0.230. The highest BCUT2D eigenvalue weighted by Gasteiger charge is 2.14. The fourth-order valence-electron chi connectivity index (χ4n) is 2.24. The highest BCUT2D eigenvalue weighted by Crippen LogP contribution is 2.15. The van der Waals surface area contributed by atoms with Crippen molar-refractivity contribution in [3.8, 4) is 0 Å². The molecule has 0 aliphatic heterocycles. The van der Waals surface area contributed by atoms with Crippen LogP contribution in [0.2, 0.25) is 0 Å². The van der Waals surface area contributed by atoms with E-state index in [0.717, 1.165) is 16.9 Å². The maximum Gasteiger partial charge on any atom is 0.286 e. The van der Waals surface area contributed by atoms with Crippen LogP contribution in [0.25, 0.3) is 0 Å². The summed E-state index contributed by atoms with van der Waals surface area (Å²) in [5.74, 6) is -0.629. The Morgan fingerprint density at radius 2 is 2.04 bits per heavy atom. The Labute approximate surface area is 159 Å². The van der Waals surface area contributed by atoms with E-state index in [9.17, 15) is 9.59 Å². The minimum Gasteiger partial charge on any atom is -0.377 e. The van der Waals surface area contributed by atoms with Crippen LogP contribution in [0, 0.1) is 0 Å². The number of aromatic nitrogens is 3. The average molecular weight is 383 g/mol. The van der Waals surface area contributed by atoms with Gasteiger partial charge < -0.3 is 15.4 Å². The molecule has 2 amide bonds. The van der Waals surface area contributed by atoms with Crippen LogP contribution in [0.4, 0.5) is 5.69 Å². The van der Waals surface area contributed by atoms with Crippen LogP contribution >= 0.6 is 11.3 Å². The third-order valence-electron chi connectivity index (χ3n) is 3.49. The van der Waals surface area contributed by atoms with Crippen LogP contribution in [0.15, 0.2) is 48.8 Å². The summed E-state index contributed by atoms with van der Waals surface area (Å²) in [5, 5.41) is 14.1. The molecule has 2 heterocycles. The van der Waals surface area contributed by atoms with Crippen molar-refractivity contribution in [3.63, 3.8) is 0 Å². The lowest BCUT2D eigenvalue weighted by Crippen LogP contribution is -2.23. The van der Waals surface area contributed by atoms with E-state index in [2.05, 4.69) is 25.8 Å². The van der Waals surface area contributed by atoms with Crippen LogP contribution in [0.3, 0.4) is 0 Å². The second kappa shape index (κ2) is 8.97. The van der Waals surface area contributed by atoms with Crippen LogP contribution in [-0.4, -0.2) is 34.1 Å². The largest absolute Gasteiger partial charge is 0.377 e. The fourth-order valence-corrected chi connectivity index (χ4v) is 2.94. The number of carbonyl (C=O) groups excluding carboxylic acids is 2. The van der Waals surface area contributed by atoms with E-state index in [4.69, 9.17) is 4.74 Å². The number of pyridine rings is 1. The molecule has 0 bridgehead atoms. The minimum atomic E-state index is -0.386. The molecule has 0 aliphatic rings. The monoisotopic (exact) mass is 383 g/mol. The summed E-state index contributed by atoms with van der Waals surface area (Å²) in [6.07, 6.45) is 3.37. The lowest BCUT2D eigenvalue weighted by molar-refractivity contribution is 0.0949. The third kappa shape index (κ3) is 5.16. The number of hydrogen-bond donors (Lipinski definition) is 2. The quantitative estimate of drug-likeness (QED) is 0.648. The number of hydrogen-bond acceptors (Lipinski definition) is 7. The number of carbonyl (C=O) groups is 2. The fraction of sp³-hybridized carbons (Fsp3) is 0.167. The van der Waals surface area contributed by atoms with Gasteiger partial charge in [-0.2, -0.15) is 0 Å². The summed E-state index contributed by atoms with van der Waals surface area (Å²) < 4.78 is 4.96. The first-order valence-corrected chi connectivity index (χ1v) is 8.87. The molecule has 3 rings (SSSR count). The molecular formula is C18H17N5O3S. The molecule has 0 fully saturated rings. The van der Waals surface area contributed by atoms with Gasteiger partial charge in [-0.15, -0.1) is 10.2 Å². The van der Waals surface area contributed by atoms with Gasteiger partial charge in [-0.05, 0) is 29.8 Å². The van der Waals surface area contributed by atoms with Crippen molar-refractivity contribution in [1.29, 1.82) is 0 Å². The van der Waals surface area contributed by atoms with E-state index >= 15 is 0 Å². The molecular weight excluding hydrogens is 366 g/mol. The molecule has 1 aromatic carbocycles. The van der Waals surface area contributed by atoms with Gasteiger partial charge in [0, 0.05) is 37.3 Å². The zero-order valence-electron chi connectivity index (χ0n) is 14.5. The van der Waals surface area contributed by atoms with Gasteiger partial charge in [0.05, 0.1) is 6.61 Å². The van der Waals surface area contributed by atoms with Gasteiger partial charge in [-0.3, -0.25) is 14.6 Å². The van der Waals surface area contributed by atoms with Crippen molar-refractivity contribution < 1.29 is 14.3 Å². The van der Waals surface area contributed by atoms with Gasteiger partial charge >= 0.3 is 0 Å². The Kier molecular flexibility index (Phi) is 6.18. The number of benzene rings is 1. The summed E-state index contributed by atoms with van der Waals surface area (Å²) in [6, 6.07) is 10.4. The second-order valence-electron chi connectivity index (χ2n) is 5.51. The first kappa shape index (κ1) is 18.6. The summed E-state index contributed by atoms with van der Waals surface area (Å²) in [5.41, 5.74) is 1.84. The number of anilines is 1. The average Bonchev–Trinajstić information content (AvgIpc) is 3.16. The van der Waals surface area contributed by atoms with E-state index in [0.29, 0.717) is 29.4 Å². The Morgan fingerprint density at radius 1 is 1.15 bits per heavy atom. The van der Waals surface area contributed by atoms with E-state index in [1.54, 1.807) is 43.8 Å². The molecule has 8 nitrogen and oxygen atoms in total. The molecule has 0 unspecified atom stereocenters. The Hall–Kier alpha value is -3.17. The van der Waals surface area contributed by atoms with Crippen molar-refractivity contribution in [2.45, 2.75) is 13.2 Å². The molecule has 0 saturated heterocycles. The van der Waals surface area contributed by atoms with E-state index < -0.39 is 0 Å². The molecule has 9 heteroatoms. The Balaban J connectivity index is 1.62. The van der Waals surface area contributed by atoms with E-state index in [1.807, 2.05) is 12.1 Å². The Bertz CT molecular complexity index is 930. The lowest BCUT2D eigenvalue weighted by Gasteiger charge is -2.07. The van der Waals surface area contributed by atoms with Crippen LogP contribution in [0.1, 0.15) is 30.7 Å². The smallest absolute Gasteiger partial charge is 0.286 e. The SMILES string of the molecule is COCc1nnc(C(=O)Nc2cccc(C(=O)NCc3cccnc3)c2)s1. The van der Waals surface area contributed by atoms with Gasteiger partial charge in [0.2, 0.25) is 5.01 Å². The van der Waals surface area contributed by atoms with Crippen LogP contribution in [-0.2, 0) is 17.9 Å². The summed E-state index contributed by atoms with van der Waals surface area (Å²) in [4.78, 5) is 28.6. The summed E-state index contributed by atoms with van der Waals surface area (Å²) in [6.45, 7) is 0.674. The van der Waals surface area contributed by atoms with Crippen molar-refractivity contribution in [3.05, 3.63) is 69.9 Å². The second-order valence-corrected chi connectivity index (χ2v) is 6.57. The first-order chi connectivity index (χ1) is 13.2. The number of nitrogens with zero attached hydrogens (tertiary/aromatic N) is 3. The van der Waals surface area contributed by atoms with Gasteiger partial charge in [0.15, 0.2) is 0 Å². The molecule has 0 aliphatic carbocycles. The summed E-state index contributed by atoms with van der Waals surface area (Å²) >= 11 is 1.16. The highest BCUT2D eigenvalue weighted by atomic mass is 32.1.